The van der Waals surface area contributed by atoms with Gasteiger partial charge in [-0.2, -0.15) is 11.8 Å². The first-order chi connectivity index (χ1) is 7.61. The molecule has 6 heteroatoms. The van der Waals surface area contributed by atoms with Crippen molar-refractivity contribution in [1.82, 2.24) is 9.55 Å². The van der Waals surface area contributed by atoms with Crippen LogP contribution in [0.15, 0.2) is 15.8 Å². The van der Waals surface area contributed by atoms with Gasteiger partial charge in [0.2, 0.25) is 0 Å². The fourth-order valence-electron chi connectivity index (χ4n) is 2.28. The van der Waals surface area contributed by atoms with Gasteiger partial charge in [0, 0.05) is 29.2 Å². The Bertz CT molecular complexity index is 540. The molecule has 2 atom stereocenters. The van der Waals surface area contributed by atoms with E-state index in [4.69, 9.17) is 4.74 Å². The van der Waals surface area contributed by atoms with Gasteiger partial charge in [-0.3, -0.25) is 14.3 Å². The average molecular weight is 240 g/mol. The van der Waals surface area contributed by atoms with E-state index in [2.05, 4.69) is 4.98 Å². The minimum absolute atomic E-state index is 0.321. The number of aromatic amines is 1. The monoisotopic (exact) mass is 240 g/mol. The van der Waals surface area contributed by atoms with Crippen molar-refractivity contribution in [1.29, 1.82) is 0 Å². The molecule has 3 heterocycles. The summed E-state index contributed by atoms with van der Waals surface area (Å²) in [5, 5.41) is 0.485. The van der Waals surface area contributed by atoms with Crippen LogP contribution in [0.2, 0.25) is 0 Å². The second-order valence-electron chi connectivity index (χ2n) is 4.34. The van der Waals surface area contributed by atoms with Crippen molar-refractivity contribution in [2.45, 2.75) is 24.3 Å². The quantitative estimate of drug-likeness (QED) is 0.752. The Labute approximate surface area is 95.8 Å². The lowest BCUT2D eigenvalue weighted by Gasteiger charge is -2.28. The number of rotatable bonds is 1. The van der Waals surface area contributed by atoms with Gasteiger partial charge in [0.05, 0.1) is 6.61 Å². The van der Waals surface area contributed by atoms with Crippen molar-refractivity contribution >= 4 is 11.8 Å². The summed E-state index contributed by atoms with van der Waals surface area (Å²) in [4.78, 5) is 25.4. The number of fused-ring (bicyclic) bond motifs is 2. The first kappa shape index (κ1) is 10.2. The van der Waals surface area contributed by atoms with Crippen molar-refractivity contribution in [2.75, 3.05) is 12.4 Å². The maximum absolute atomic E-state index is 11.8. The molecule has 0 radical (unpaired) electrons. The second kappa shape index (κ2) is 3.24. The van der Waals surface area contributed by atoms with Gasteiger partial charge in [0.25, 0.3) is 5.56 Å². The van der Waals surface area contributed by atoms with E-state index in [0.29, 0.717) is 17.4 Å². The number of aromatic nitrogens is 2. The van der Waals surface area contributed by atoms with Gasteiger partial charge >= 0.3 is 5.69 Å². The predicted octanol–water partition coefficient (Wildman–Crippen LogP) is 0.0335. The van der Waals surface area contributed by atoms with Crippen molar-refractivity contribution in [3.63, 3.8) is 0 Å². The summed E-state index contributed by atoms with van der Waals surface area (Å²) in [5.41, 5.74) is -0.684. The van der Waals surface area contributed by atoms with Gasteiger partial charge in [-0.1, -0.05) is 0 Å². The molecule has 0 aliphatic carbocycles. The highest BCUT2D eigenvalue weighted by Gasteiger charge is 2.49. The zero-order valence-electron chi connectivity index (χ0n) is 8.86. The normalized spacial score (nSPS) is 32.2. The molecule has 2 fully saturated rings. The van der Waals surface area contributed by atoms with E-state index in [9.17, 15) is 9.59 Å². The van der Waals surface area contributed by atoms with E-state index in [1.807, 2.05) is 11.8 Å². The molecule has 0 spiro atoms. The number of hydrogen-bond acceptors (Lipinski definition) is 4. The number of H-pyrrole nitrogens is 1. The number of nitrogens with zero attached hydrogens (tertiary/aromatic N) is 1. The summed E-state index contributed by atoms with van der Waals surface area (Å²) in [6.07, 6.45) is 2.46. The molecule has 1 aromatic rings. The Hall–Kier alpha value is -1.01. The van der Waals surface area contributed by atoms with Crippen LogP contribution >= 0.6 is 11.8 Å². The first-order valence-corrected chi connectivity index (χ1v) is 6.24. The lowest BCUT2D eigenvalue weighted by atomic mass is 10.1. The SMILES string of the molecule is Cc1cn(C23CSC(CO2)C3)c(=O)[nH]c1=O. The summed E-state index contributed by atoms with van der Waals surface area (Å²) in [7, 11) is 0. The lowest BCUT2D eigenvalue weighted by Crippen LogP contribution is -2.45. The summed E-state index contributed by atoms with van der Waals surface area (Å²) in [5.74, 6) is 0.781. The molecular formula is C10H12N2O3S. The van der Waals surface area contributed by atoms with Crippen molar-refractivity contribution in [2.24, 2.45) is 0 Å². The van der Waals surface area contributed by atoms with Crippen LogP contribution < -0.4 is 11.2 Å². The molecule has 2 aliphatic heterocycles. The molecule has 0 saturated carbocycles. The van der Waals surface area contributed by atoms with Crippen LogP contribution in [0.3, 0.4) is 0 Å². The highest BCUT2D eigenvalue weighted by molar-refractivity contribution is 8.00. The molecule has 1 N–H and O–H groups in total. The summed E-state index contributed by atoms with van der Waals surface area (Å²) >= 11 is 1.83. The molecule has 2 bridgehead atoms. The van der Waals surface area contributed by atoms with E-state index in [1.54, 1.807) is 17.7 Å². The molecule has 0 amide bonds. The highest BCUT2D eigenvalue weighted by atomic mass is 32.2. The van der Waals surface area contributed by atoms with Crippen LogP contribution in [0.4, 0.5) is 0 Å². The van der Waals surface area contributed by atoms with Crippen LogP contribution in [0.1, 0.15) is 12.0 Å². The third-order valence-electron chi connectivity index (χ3n) is 3.19. The van der Waals surface area contributed by atoms with Crippen LogP contribution in [0.25, 0.3) is 0 Å². The largest absolute Gasteiger partial charge is 0.353 e. The van der Waals surface area contributed by atoms with E-state index in [-0.39, 0.29) is 11.2 Å². The third-order valence-corrected chi connectivity index (χ3v) is 4.58. The average Bonchev–Trinajstić information content (AvgIpc) is 2.84. The molecule has 3 rings (SSSR count). The molecule has 2 aliphatic rings. The van der Waals surface area contributed by atoms with Crippen molar-refractivity contribution in [3.05, 3.63) is 32.6 Å². The minimum Gasteiger partial charge on any atom is -0.353 e. The van der Waals surface area contributed by atoms with E-state index in [1.165, 1.54) is 0 Å². The predicted molar refractivity (Wildman–Crippen MR) is 60.8 cm³/mol. The van der Waals surface area contributed by atoms with Gasteiger partial charge in [0.1, 0.15) is 0 Å². The number of nitrogens with one attached hydrogen (secondary N) is 1. The maximum Gasteiger partial charge on any atom is 0.330 e. The van der Waals surface area contributed by atoms with Gasteiger partial charge in [-0.15, -0.1) is 0 Å². The molecule has 5 nitrogen and oxygen atoms in total. The van der Waals surface area contributed by atoms with E-state index < -0.39 is 5.72 Å². The Morgan fingerprint density at radius 2 is 2.44 bits per heavy atom. The van der Waals surface area contributed by atoms with Gasteiger partial charge < -0.3 is 4.74 Å². The zero-order valence-corrected chi connectivity index (χ0v) is 9.67. The molecule has 16 heavy (non-hydrogen) atoms. The Kier molecular flexibility index (Phi) is 2.06. The number of hydrogen-bond donors (Lipinski definition) is 1. The molecule has 0 aromatic carbocycles. The summed E-state index contributed by atoms with van der Waals surface area (Å²) in [6.45, 7) is 2.38. The summed E-state index contributed by atoms with van der Waals surface area (Å²) in [6, 6.07) is 0. The molecular weight excluding hydrogens is 228 g/mol. The van der Waals surface area contributed by atoms with Crippen LogP contribution in [0, 0.1) is 6.92 Å². The number of thioether (sulfide) groups is 1. The topological polar surface area (TPSA) is 64.1 Å². The zero-order chi connectivity index (χ0) is 11.3. The van der Waals surface area contributed by atoms with Gasteiger partial charge in [0.15, 0.2) is 5.72 Å². The molecule has 2 saturated heterocycles. The Morgan fingerprint density at radius 1 is 1.62 bits per heavy atom. The fraction of sp³-hybridized carbons (Fsp3) is 0.600. The van der Waals surface area contributed by atoms with E-state index in [0.717, 1.165) is 12.2 Å². The smallest absolute Gasteiger partial charge is 0.330 e. The summed E-state index contributed by atoms with van der Waals surface area (Å²) < 4.78 is 7.27. The van der Waals surface area contributed by atoms with Crippen LogP contribution in [0.5, 0.6) is 0 Å². The number of aryl methyl sites for hydroxylation is 1. The Balaban J connectivity index is 2.17. The molecule has 2 unspecified atom stereocenters. The second-order valence-corrected chi connectivity index (χ2v) is 5.62. The van der Waals surface area contributed by atoms with Gasteiger partial charge in [-0.25, -0.2) is 4.79 Å². The van der Waals surface area contributed by atoms with Crippen LogP contribution in [-0.4, -0.2) is 27.2 Å². The van der Waals surface area contributed by atoms with Crippen LogP contribution in [-0.2, 0) is 10.5 Å². The first-order valence-electron chi connectivity index (χ1n) is 5.19. The van der Waals surface area contributed by atoms with Gasteiger partial charge in [-0.05, 0) is 6.92 Å². The fourth-order valence-corrected chi connectivity index (χ4v) is 3.66. The van der Waals surface area contributed by atoms with Crippen molar-refractivity contribution in [3.8, 4) is 0 Å². The Morgan fingerprint density at radius 3 is 3.00 bits per heavy atom. The molecule has 86 valence electrons. The minimum atomic E-state index is -0.526. The van der Waals surface area contributed by atoms with E-state index >= 15 is 0 Å². The lowest BCUT2D eigenvalue weighted by molar-refractivity contribution is -0.0464. The molecule has 1 aromatic heterocycles. The maximum atomic E-state index is 11.8. The number of ether oxygens (including phenoxy) is 1. The standard InChI is InChI=1S/C10H12N2O3S/c1-6-3-12(9(14)11-8(6)13)10-2-7(4-15-10)16-5-10/h3,7H,2,4-5H2,1H3,(H,11,13,14). The van der Waals surface area contributed by atoms with Crippen molar-refractivity contribution < 1.29 is 4.74 Å². The third kappa shape index (κ3) is 1.29. The highest BCUT2D eigenvalue weighted by Crippen LogP contribution is 2.46.